The lowest BCUT2D eigenvalue weighted by Crippen LogP contribution is -2.40. The van der Waals surface area contributed by atoms with E-state index in [1.807, 2.05) is 39.9 Å². The van der Waals surface area contributed by atoms with Crippen LogP contribution in [0.2, 0.25) is 0 Å². The number of aromatic nitrogens is 2. The molecule has 0 radical (unpaired) electrons. The third-order valence-corrected chi connectivity index (χ3v) is 8.23. The van der Waals surface area contributed by atoms with E-state index in [-0.39, 0.29) is 11.9 Å². The van der Waals surface area contributed by atoms with Crippen LogP contribution in [0.3, 0.4) is 0 Å². The van der Waals surface area contributed by atoms with Crippen molar-refractivity contribution in [3.8, 4) is 11.4 Å². The van der Waals surface area contributed by atoms with Gasteiger partial charge >= 0.3 is 0 Å². The first-order chi connectivity index (χ1) is 15.2. The van der Waals surface area contributed by atoms with Crippen molar-refractivity contribution in [1.29, 1.82) is 0 Å². The molecule has 5 rings (SSSR count). The predicted octanol–water partition coefficient (Wildman–Crippen LogP) is 5.27. The molecule has 4 heterocycles. The fourth-order valence-electron chi connectivity index (χ4n) is 3.90. The molecule has 1 aliphatic rings. The van der Waals surface area contributed by atoms with Crippen molar-refractivity contribution in [3.63, 3.8) is 0 Å². The molecule has 1 aliphatic heterocycles. The van der Waals surface area contributed by atoms with Gasteiger partial charge in [0.1, 0.15) is 5.75 Å². The number of methoxy groups -OCH3 is 1. The van der Waals surface area contributed by atoms with Crippen LogP contribution in [0.15, 0.2) is 70.8 Å². The Balaban J connectivity index is 1.35. The second kappa shape index (κ2) is 8.90. The summed E-state index contributed by atoms with van der Waals surface area (Å²) in [4.78, 5) is 22.5. The van der Waals surface area contributed by atoms with E-state index in [0.717, 1.165) is 29.6 Å². The van der Waals surface area contributed by atoms with Gasteiger partial charge in [-0.15, -0.1) is 22.7 Å². The van der Waals surface area contributed by atoms with Crippen LogP contribution in [0.1, 0.15) is 21.4 Å². The minimum Gasteiger partial charge on any atom is -0.497 e. The third-order valence-electron chi connectivity index (χ3n) is 5.36. The summed E-state index contributed by atoms with van der Waals surface area (Å²) in [5.74, 6) is 1.28. The number of benzene rings is 1. The number of hydrogen-bond donors (Lipinski definition) is 0. The summed E-state index contributed by atoms with van der Waals surface area (Å²) < 4.78 is 7.33. The van der Waals surface area contributed by atoms with Crippen LogP contribution in [0.25, 0.3) is 5.69 Å². The molecule has 8 heteroatoms. The van der Waals surface area contributed by atoms with Crippen molar-refractivity contribution < 1.29 is 9.53 Å². The lowest BCUT2D eigenvalue weighted by molar-refractivity contribution is -0.130. The van der Waals surface area contributed by atoms with Gasteiger partial charge in [0.05, 0.1) is 24.6 Å². The molecule has 0 spiro atoms. The van der Waals surface area contributed by atoms with E-state index in [0.29, 0.717) is 5.75 Å². The summed E-state index contributed by atoms with van der Waals surface area (Å²) in [5, 5.41) is 5.01. The van der Waals surface area contributed by atoms with E-state index in [4.69, 9.17) is 4.74 Å². The number of imidazole rings is 1. The number of carbonyl (C=O) groups is 1. The summed E-state index contributed by atoms with van der Waals surface area (Å²) in [6.45, 7) is 0.750. The minimum atomic E-state index is 0.0150. The van der Waals surface area contributed by atoms with Crippen LogP contribution in [0.5, 0.6) is 5.75 Å². The maximum Gasteiger partial charge on any atom is 0.233 e. The molecule has 5 nitrogen and oxygen atoms in total. The Morgan fingerprint density at radius 2 is 2.16 bits per heavy atom. The number of hydrogen-bond acceptors (Lipinski definition) is 6. The van der Waals surface area contributed by atoms with Gasteiger partial charge in [0.15, 0.2) is 5.16 Å². The van der Waals surface area contributed by atoms with Gasteiger partial charge in [-0.25, -0.2) is 4.98 Å². The normalized spacial score (nSPS) is 15.6. The quantitative estimate of drug-likeness (QED) is 0.363. The fourth-order valence-corrected chi connectivity index (χ4v) is 6.52. The molecule has 4 aromatic rings. The van der Waals surface area contributed by atoms with E-state index in [1.54, 1.807) is 36.0 Å². The Labute approximate surface area is 193 Å². The van der Waals surface area contributed by atoms with Gasteiger partial charge in [0, 0.05) is 34.8 Å². The summed E-state index contributed by atoms with van der Waals surface area (Å²) >= 11 is 4.98. The third kappa shape index (κ3) is 4.03. The summed E-state index contributed by atoms with van der Waals surface area (Å²) in [5.41, 5.74) is 2.24. The van der Waals surface area contributed by atoms with E-state index in [1.165, 1.54) is 27.1 Å². The van der Waals surface area contributed by atoms with Crippen LogP contribution >= 0.6 is 34.4 Å². The molecule has 0 fully saturated rings. The van der Waals surface area contributed by atoms with Crippen LogP contribution in [-0.4, -0.2) is 39.8 Å². The molecule has 1 amide bonds. The number of rotatable bonds is 6. The molecule has 1 atom stereocenters. The monoisotopic (exact) mass is 467 g/mol. The molecule has 0 aliphatic carbocycles. The smallest absolute Gasteiger partial charge is 0.233 e. The zero-order chi connectivity index (χ0) is 21.2. The molecule has 31 heavy (non-hydrogen) atoms. The van der Waals surface area contributed by atoms with Gasteiger partial charge in [0.25, 0.3) is 0 Å². The first kappa shape index (κ1) is 20.4. The standard InChI is InChI=1S/C23H21N3O2S3/c1-28-17-5-2-4-16(14-17)25-11-9-24-23(25)31-15-21(27)26-10-7-19-18(8-13-30-19)22(26)20-6-3-12-29-20/h2-6,8-9,11-14,22H,7,10,15H2,1H3. The highest BCUT2D eigenvalue weighted by Gasteiger charge is 2.33. The SMILES string of the molecule is COc1cccc(-n2ccnc2SCC(=O)N2CCc3sccc3C2c2cccs2)c1. The van der Waals surface area contributed by atoms with E-state index in [2.05, 4.69) is 33.9 Å². The van der Waals surface area contributed by atoms with Crippen LogP contribution in [-0.2, 0) is 11.2 Å². The van der Waals surface area contributed by atoms with Crippen LogP contribution in [0.4, 0.5) is 0 Å². The lowest BCUT2D eigenvalue weighted by atomic mass is 9.98. The summed E-state index contributed by atoms with van der Waals surface area (Å²) in [6, 6.07) is 14.2. The Morgan fingerprint density at radius 3 is 3.00 bits per heavy atom. The van der Waals surface area contributed by atoms with Crippen molar-refractivity contribution in [2.24, 2.45) is 0 Å². The Bertz CT molecular complexity index is 1180. The largest absolute Gasteiger partial charge is 0.497 e. The number of amides is 1. The van der Waals surface area contributed by atoms with Gasteiger partial charge < -0.3 is 9.64 Å². The molecule has 3 aromatic heterocycles. The van der Waals surface area contributed by atoms with Gasteiger partial charge in [-0.05, 0) is 47.0 Å². The van der Waals surface area contributed by atoms with Crippen molar-refractivity contribution in [3.05, 3.63) is 80.9 Å². The average molecular weight is 468 g/mol. The fraction of sp³-hybridized carbons (Fsp3) is 0.217. The number of fused-ring (bicyclic) bond motifs is 1. The van der Waals surface area contributed by atoms with Crippen molar-refractivity contribution in [2.45, 2.75) is 17.6 Å². The highest BCUT2D eigenvalue weighted by Crippen LogP contribution is 2.40. The van der Waals surface area contributed by atoms with Gasteiger partial charge in [-0.1, -0.05) is 23.9 Å². The van der Waals surface area contributed by atoms with Crippen molar-refractivity contribution in [2.75, 3.05) is 19.4 Å². The Morgan fingerprint density at radius 1 is 1.23 bits per heavy atom. The first-order valence-electron chi connectivity index (χ1n) is 9.94. The van der Waals surface area contributed by atoms with E-state index in [9.17, 15) is 4.79 Å². The van der Waals surface area contributed by atoms with Crippen LogP contribution in [0, 0.1) is 0 Å². The zero-order valence-corrected chi connectivity index (χ0v) is 19.4. The highest BCUT2D eigenvalue weighted by molar-refractivity contribution is 7.99. The van der Waals surface area contributed by atoms with Gasteiger partial charge in [-0.2, -0.15) is 0 Å². The van der Waals surface area contributed by atoms with E-state index < -0.39 is 0 Å². The molecule has 1 unspecified atom stereocenters. The van der Waals surface area contributed by atoms with Crippen molar-refractivity contribution in [1.82, 2.24) is 14.5 Å². The lowest BCUT2D eigenvalue weighted by Gasteiger charge is -2.35. The minimum absolute atomic E-state index is 0.0150. The second-order valence-electron chi connectivity index (χ2n) is 7.12. The number of ether oxygens (including phenoxy) is 1. The number of nitrogens with zero attached hydrogens (tertiary/aromatic N) is 3. The van der Waals surface area contributed by atoms with Crippen LogP contribution < -0.4 is 4.74 Å². The maximum absolute atomic E-state index is 13.3. The zero-order valence-electron chi connectivity index (χ0n) is 16.9. The molecule has 158 valence electrons. The van der Waals surface area contributed by atoms with E-state index >= 15 is 0 Å². The second-order valence-corrected chi connectivity index (χ2v) is 10.0. The molecule has 0 saturated carbocycles. The van der Waals surface area contributed by atoms with Crippen molar-refractivity contribution >= 4 is 40.3 Å². The average Bonchev–Trinajstić information content (AvgIpc) is 3.58. The molecule has 1 aromatic carbocycles. The molecule has 0 bridgehead atoms. The molecule has 0 N–H and O–H groups in total. The number of thioether (sulfide) groups is 1. The number of carbonyl (C=O) groups excluding carboxylic acids is 1. The predicted molar refractivity (Wildman–Crippen MR) is 127 cm³/mol. The molecular weight excluding hydrogens is 446 g/mol. The Hall–Kier alpha value is -2.55. The molecule has 0 saturated heterocycles. The summed E-state index contributed by atoms with van der Waals surface area (Å²) in [7, 11) is 1.66. The Kier molecular flexibility index (Phi) is 5.85. The molecular formula is C23H21N3O2S3. The maximum atomic E-state index is 13.3. The summed E-state index contributed by atoms with van der Waals surface area (Å²) in [6.07, 6.45) is 4.59. The highest BCUT2D eigenvalue weighted by atomic mass is 32.2. The first-order valence-corrected chi connectivity index (χ1v) is 12.7. The van der Waals surface area contributed by atoms with Gasteiger partial charge in [-0.3, -0.25) is 9.36 Å². The topological polar surface area (TPSA) is 47.4 Å². The number of thiophene rings is 2. The van der Waals surface area contributed by atoms with Gasteiger partial charge in [0.2, 0.25) is 5.91 Å².